The van der Waals surface area contributed by atoms with E-state index in [1.807, 2.05) is 6.92 Å². The van der Waals surface area contributed by atoms with Gasteiger partial charge in [-0.2, -0.15) is 0 Å². The van der Waals surface area contributed by atoms with Gasteiger partial charge in [0.05, 0.1) is 24.1 Å². The third-order valence-electron chi connectivity index (χ3n) is 2.84. The van der Waals surface area contributed by atoms with E-state index in [4.69, 9.17) is 0 Å². The minimum Gasteiger partial charge on any atom is -0.370 e. The van der Waals surface area contributed by atoms with E-state index in [0.717, 1.165) is 24.4 Å². The summed E-state index contributed by atoms with van der Waals surface area (Å²) in [5.74, 6) is 0.555. The SMILES string of the molecule is CCCNc1cc(C(=O)NCc2cnc(C)cn2)ccn1. The van der Waals surface area contributed by atoms with Gasteiger partial charge in [0.25, 0.3) is 5.91 Å². The normalized spacial score (nSPS) is 10.2. The van der Waals surface area contributed by atoms with Gasteiger partial charge in [-0.25, -0.2) is 4.98 Å². The van der Waals surface area contributed by atoms with Crippen LogP contribution in [0.15, 0.2) is 30.7 Å². The molecule has 21 heavy (non-hydrogen) atoms. The second-order valence-corrected chi connectivity index (χ2v) is 4.69. The van der Waals surface area contributed by atoms with Crippen LogP contribution < -0.4 is 10.6 Å². The van der Waals surface area contributed by atoms with Gasteiger partial charge in [0.2, 0.25) is 0 Å². The van der Waals surface area contributed by atoms with Crippen molar-refractivity contribution in [2.45, 2.75) is 26.8 Å². The highest BCUT2D eigenvalue weighted by Crippen LogP contribution is 2.07. The molecule has 1 amide bonds. The maximum absolute atomic E-state index is 12.1. The molecule has 0 bridgehead atoms. The number of aromatic nitrogens is 3. The van der Waals surface area contributed by atoms with Crippen LogP contribution in [0.2, 0.25) is 0 Å². The Balaban J connectivity index is 1.95. The number of nitrogens with one attached hydrogen (secondary N) is 2. The van der Waals surface area contributed by atoms with Crippen molar-refractivity contribution in [2.75, 3.05) is 11.9 Å². The second kappa shape index (κ2) is 7.33. The first-order chi connectivity index (χ1) is 10.2. The van der Waals surface area contributed by atoms with Gasteiger partial charge in [0.15, 0.2) is 0 Å². The highest BCUT2D eigenvalue weighted by molar-refractivity contribution is 5.94. The van der Waals surface area contributed by atoms with Gasteiger partial charge >= 0.3 is 0 Å². The number of amides is 1. The van der Waals surface area contributed by atoms with Crippen LogP contribution in [0.3, 0.4) is 0 Å². The van der Waals surface area contributed by atoms with E-state index in [1.165, 1.54) is 0 Å². The summed E-state index contributed by atoms with van der Waals surface area (Å²) in [5, 5.41) is 5.98. The molecule has 0 aromatic carbocycles. The van der Waals surface area contributed by atoms with Crippen LogP contribution in [0, 0.1) is 6.92 Å². The molecule has 110 valence electrons. The summed E-state index contributed by atoms with van der Waals surface area (Å²) in [6.45, 7) is 5.13. The van der Waals surface area contributed by atoms with E-state index in [9.17, 15) is 4.79 Å². The Labute approximate surface area is 124 Å². The molecule has 6 nitrogen and oxygen atoms in total. The lowest BCUT2D eigenvalue weighted by Gasteiger charge is -2.07. The van der Waals surface area contributed by atoms with Gasteiger partial charge in [0, 0.05) is 24.5 Å². The van der Waals surface area contributed by atoms with Crippen molar-refractivity contribution in [3.05, 3.63) is 47.7 Å². The number of hydrogen-bond donors (Lipinski definition) is 2. The van der Waals surface area contributed by atoms with Crippen molar-refractivity contribution in [1.29, 1.82) is 0 Å². The smallest absolute Gasteiger partial charge is 0.251 e. The summed E-state index contributed by atoms with van der Waals surface area (Å²) in [4.78, 5) is 24.6. The molecule has 2 rings (SSSR count). The van der Waals surface area contributed by atoms with E-state index in [0.29, 0.717) is 17.9 Å². The lowest BCUT2D eigenvalue weighted by atomic mass is 10.2. The topological polar surface area (TPSA) is 79.8 Å². The Morgan fingerprint density at radius 3 is 2.81 bits per heavy atom. The van der Waals surface area contributed by atoms with Crippen molar-refractivity contribution in [3.63, 3.8) is 0 Å². The van der Waals surface area contributed by atoms with Crippen molar-refractivity contribution >= 4 is 11.7 Å². The highest BCUT2D eigenvalue weighted by Gasteiger charge is 2.07. The van der Waals surface area contributed by atoms with Crippen LogP contribution in [-0.2, 0) is 6.54 Å². The number of carbonyl (C=O) groups is 1. The first kappa shape index (κ1) is 14.9. The molecule has 0 atom stereocenters. The van der Waals surface area contributed by atoms with Crippen LogP contribution in [0.4, 0.5) is 5.82 Å². The maximum atomic E-state index is 12.1. The van der Waals surface area contributed by atoms with Crippen LogP contribution in [0.25, 0.3) is 0 Å². The molecule has 0 aliphatic rings. The number of carbonyl (C=O) groups excluding carboxylic acids is 1. The van der Waals surface area contributed by atoms with Crippen LogP contribution >= 0.6 is 0 Å². The number of aryl methyl sites for hydroxylation is 1. The molecular formula is C15H19N5O. The molecule has 0 spiro atoms. The predicted molar refractivity (Wildman–Crippen MR) is 81.0 cm³/mol. The maximum Gasteiger partial charge on any atom is 0.251 e. The average molecular weight is 285 g/mol. The number of hydrogen-bond acceptors (Lipinski definition) is 5. The van der Waals surface area contributed by atoms with E-state index in [2.05, 4.69) is 32.5 Å². The lowest BCUT2D eigenvalue weighted by molar-refractivity contribution is 0.0950. The van der Waals surface area contributed by atoms with Crippen molar-refractivity contribution < 1.29 is 4.79 Å². The van der Waals surface area contributed by atoms with Gasteiger partial charge in [-0.15, -0.1) is 0 Å². The largest absolute Gasteiger partial charge is 0.370 e. The second-order valence-electron chi connectivity index (χ2n) is 4.69. The molecule has 2 N–H and O–H groups in total. The fourth-order valence-electron chi connectivity index (χ4n) is 1.71. The third kappa shape index (κ3) is 4.52. The molecular weight excluding hydrogens is 266 g/mol. The predicted octanol–water partition coefficient (Wildman–Crippen LogP) is 1.93. The minimum absolute atomic E-state index is 0.153. The first-order valence-electron chi connectivity index (χ1n) is 6.94. The zero-order chi connectivity index (χ0) is 15.1. The van der Waals surface area contributed by atoms with Gasteiger partial charge in [-0.1, -0.05) is 6.92 Å². The minimum atomic E-state index is -0.153. The number of nitrogens with zero attached hydrogens (tertiary/aromatic N) is 3. The molecule has 2 heterocycles. The Kier molecular flexibility index (Phi) is 5.20. The molecule has 0 fully saturated rings. The van der Waals surface area contributed by atoms with Gasteiger partial charge in [0.1, 0.15) is 5.82 Å². The molecule has 0 saturated carbocycles. The summed E-state index contributed by atoms with van der Waals surface area (Å²) in [6.07, 6.45) is 5.97. The summed E-state index contributed by atoms with van der Waals surface area (Å²) < 4.78 is 0. The average Bonchev–Trinajstić information content (AvgIpc) is 2.52. The Morgan fingerprint density at radius 2 is 2.10 bits per heavy atom. The Hall–Kier alpha value is -2.50. The molecule has 0 aliphatic carbocycles. The van der Waals surface area contributed by atoms with Gasteiger partial charge in [-0.05, 0) is 25.5 Å². The molecule has 0 saturated heterocycles. The summed E-state index contributed by atoms with van der Waals surface area (Å²) in [7, 11) is 0. The standard InChI is InChI=1S/C15H19N5O/c1-3-5-16-14-7-12(4-6-17-14)15(21)20-10-13-9-18-11(2)8-19-13/h4,6-9H,3,5,10H2,1-2H3,(H,16,17)(H,20,21). The molecule has 2 aromatic rings. The lowest BCUT2D eigenvalue weighted by Crippen LogP contribution is -2.23. The quantitative estimate of drug-likeness (QED) is 0.847. The Bertz CT molecular complexity index is 597. The number of anilines is 1. The van der Waals surface area contributed by atoms with Gasteiger partial charge < -0.3 is 10.6 Å². The van der Waals surface area contributed by atoms with E-state index >= 15 is 0 Å². The van der Waals surface area contributed by atoms with Crippen LogP contribution in [0.1, 0.15) is 35.1 Å². The summed E-state index contributed by atoms with van der Waals surface area (Å²) >= 11 is 0. The molecule has 0 unspecified atom stereocenters. The fourth-order valence-corrected chi connectivity index (χ4v) is 1.71. The van der Waals surface area contributed by atoms with Crippen molar-refractivity contribution in [2.24, 2.45) is 0 Å². The monoisotopic (exact) mass is 285 g/mol. The van der Waals surface area contributed by atoms with Crippen LogP contribution in [0.5, 0.6) is 0 Å². The van der Waals surface area contributed by atoms with Crippen molar-refractivity contribution in [1.82, 2.24) is 20.3 Å². The summed E-state index contributed by atoms with van der Waals surface area (Å²) in [6, 6.07) is 3.43. The molecule has 0 radical (unpaired) electrons. The van der Waals surface area contributed by atoms with Crippen LogP contribution in [-0.4, -0.2) is 27.4 Å². The highest BCUT2D eigenvalue weighted by atomic mass is 16.1. The van der Waals surface area contributed by atoms with E-state index in [-0.39, 0.29) is 5.91 Å². The first-order valence-corrected chi connectivity index (χ1v) is 6.94. The number of pyridine rings is 1. The zero-order valence-corrected chi connectivity index (χ0v) is 12.3. The van der Waals surface area contributed by atoms with E-state index in [1.54, 1.807) is 30.7 Å². The number of rotatable bonds is 6. The third-order valence-corrected chi connectivity index (χ3v) is 2.84. The van der Waals surface area contributed by atoms with Gasteiger partial charge in [-0.3, -0.25) is 14.8 Å². The van der Waals surface area contributed by atoms with E-state index < -0.39 is 0 Å². The zero-order valence-electron chi connectivity index (χ0n) is 12.3. The molecule has 2 aromatic heterocycles. The fraction of sp³-hybridized carbons (Fsp3) is 0.333. The summed E-state index contributed by atoms with van der Waals surface area (Å²) in [5.41, 5.74) is 2.15. The molecule has 0 aliphatic heterocycles. The Morgan fingerprint density at radius 1 is 1.24 bits per heavy atom. The molecule has 6 heteroatoms. The van der Waals surface area contributed by atoms with Crippen molar-refractivity contribution in [3.8, 4) is 0 Å².